The highest BCUT2D eigenvalue weighted by atomic mass is 19.1. The number of carbonyl (C=O) groups is 3. The van der Waals surface area contributed by atoms with Gasteiger partial charge >= 0.3 is 5.97 Å². The maximum atomic E-state index is 13.6. The predicted octanol–water partition coefficient (Wildman–Crippen LogP) is 2.12. The van der Waals surface area contributed by atoms with Crippen LogP contribution >= 0.6 is 0 Å². The van der Waals surface area contributed by atoms with E-state index in [1.807, 2.05) is 0 Å². The van der Waals surface area contributed by atoms with E-state index in [4.69, 9.17) is 9.84 Å². The number of amides is 1. The number of hydrogen-bond acceptors (Lipinski definition) is 4. The summed E-state index contributed by atoms with van der Waals surface area (Å²) < 4.78 is 18.4. The molecule has 1 amide bonds. The zero-order chi connectivity index (χ0) is 17.7. The number of carboxylic acid groups (broad SMARTS) is 1. The average Bonchev–Trinajstić information content (AvgIpc) is 2.59. The summed E-state index contributed by atoms with van der Waals surface area (Å²) in [6.07, 6.45) is 0.880. The van der Waals surface area contributed by atoms with Gasteiger partial charge < -0.3 is 14.7 Å². The highest BCUT2D eigenvalue weighted by Crippen LogP contribution is 2.20. The lowest BCUT2D eigenvalue weighted by Crippen LogP contribution is -2.40. The Morgan fingerprint density at radius 2 is 1.92 bits per heavy atom. The fourth-order valence-corrected chi connectivity index (χ4v) is 2.74. The number of nitrogens with zero attached hydrogens (tertiary/aromatic N) is 1. The van der Waals surface area contributed by atoms with Crippen molar-refractivity contribution in [2.75, 3.05) is 20.2 Å². The van der Waals surface area contributed by atoms with Crippen LogP contribution < -0.4 is 4.74 Å². The fourth-order valence-electron chi connectivity index (χ4n) is 2.74. The summed E-state index contributed by atoms with van der Waals surface area (Å²) in [5.74, 6) is -2.29. The van der Waals surface area contributed by atoms with E-state index in [1.54, 1.807) is 4.90 Å². The molecule has 6 nitrogen and oxygen atoms in total. The average molecular weight is 337 g/mol. The standard InChI is InChI=1S/C17H20FNO5/c1-24-15-4-2-12(10-13(15)18)14(20)3-5-16(21)19-8-6-11(7-9-19)17(22)23/h2,4,10-11H,3,5-9H2,1H3,(H,22,23). The molecule has 0 saturated carbocycles. The molecule has 0 bridgehead atoms. The van der Waals surface area contributed by atoms with E-state index in [-0.39, 0.29) is 35.8 Å². The van der Waals surface area contributed by atoms with Crippen molar-refractivity contribution in [1.82, 2.24) is 4.90 Å². The zero-order valence-corrected chi connectivity index (χ0v) is 13.5. The van der Waals surface area contributed by atoms with Gasteiger partial charge in [0.2, 0.25) is 5.91 Å². The first kappa shape index (κ1) is 17.9. The number of likely N-dealkylation sites (tertiary alicyclic amines) is 1. The second kappa shape index (κ2) is 7.90. The van der Waals surface area contributed by atoms with Crippen molar-refractivity contribution < 1.29 is 28.6 Å². The summed E-state index contributed by atoms with van der Waals surface area (Å²) in [6, 6.07) is 3.94. The molecule has 24 heavy (non-hydrogen) atoms. The van der Waals surface area contributed by atoms with Crippen LogP contribution in [-0.2, 0) is 9.59 Å². The smallest absolute Gasteiger partial charge is 0.306 e. The van der Waals surface area contributed by atoms with Crippen molar-refractivity contribution in [3.63, 3.8) is 0 Å². The van der Waals surface area contributed by atoms with E-state index in [9.17, 15) is 18.8 Å². The molecule has 0 spiro atoms. The van der Waals surface area contributed by atoms with E-state index in [2.05, 4.69) is 0 Å². The molecular formula is C17H20FNO5. The Kier molecular flexibility index (Phi) is 5.89. The number of methoxy groups -OCH3 is 1. The quantitative estimate of drug-likeness (QED) is 0.804. The van der Waals surface area contributed by atoms with Gasteiger partial charge in [-0.05, 0) is 31.0 Å². The van der Waals surface area contributed by atoms with Gasteiger partial charge in [0.15, 0.2) is 17.3 Å². The minimum Gasteiger partial charge on any atom is -0.494 e. The van der Waals surface area contributed by atoms with E-state index in [1.165, 1.54) is 19.2 Å². The number of hydrogen-bond donors (Lipinski definition) is 1. The summed E-state index contributed by atoms with van der Waals surface area (Å²) in [4.78, 5) is 36.7. The van der Waals surface area contributed by atoms with Gasteiger partial charge in [-0.3, -0.25) is 14.4 Å². The number of piperidine rings is 1. The number of halogens is 1. The van der Waals surface area contributed by atoms with Crippen LogP contribution in [0.1, 0.15) is 36.0 Å². The largest absolute Gasteiger partial charge is 0.494 e. The van der Waals surface area contributed by atoms with Crippen molar-refractivity contribution >= 4 is 17.7 Å². The molecule has 1 aromatic rings. The molecular weight excluding hydrogens is 317 g/mol. The molecule has 2 rings (SSSR count). The maximum Gasteiger partial charge on any atom is 0.306 e. The summed E-state index contributed by atoms with van der Waals surface area (Å²) in [5.41, 5.74) is 0.200. The molecule has 7 heteroatoms. The molecule has 1 saturated heterocycles. The molecule has 0 atom stereocenters. The van der Waals surface area contributed by atoms with Crippen LogP contribution in [0.15, 0.2) is 18.2 Å². The first-order valence-corrected chi connectivity index (χ1v) is 7.79. The lowest BCUT2D eigenvalue weighted by Gasteiger charge is -2.30. The first-order valence-electron chi connectivity index (χ1n) is 7.79. The minimum absolute atomic E-state index is 0.0105. The molecule has 0 radical (unpaired) electrons. The number of carbonyl (C=O) groups excluding carboxylic acids is 2. The molecule has 0 aromatic heterocycles. The minimum atomic E-state index is -0.834. The maximum absolute atomic E-state index is 13.6. The number of benzene rings is 1. The Bertz CT molecular complexity index is 638. The van der Waals surface area contributed by atoms with Crippen LogP contribution in [0, 0.1) is 11.7 Å². The van der Waals surface area contributed by atoms with Gasteiger partial charge in [0, 0.05) is 31.5 Å². The molecule has 1 aliphatic rings. The Morgan fingerprint density at radius 1 is 1.25 bits per heavy atom. The number of rotatable bonds is 6. The lowest BCUT2D eigenvalue weighted by atomic mass is 9.96. The van der Waals surface area contributed by atoms with Crippen molar-refractivity contribution in [2.45, 2.75) is 25.7 Å². The van der Waals surface area contributed by atoms with Crippen molar-refractivity contribution in [3.8, 4) is 5.75 Å². The third kappa shape index (κ3) is 4.31. The molecule has 1 heterocycles. The fraction of sp³-hybridized carbons (Fsp3) is 0.471. The van der Waals surface area contributed by atoms with E-state index >= 15 is 0 Å². The molecule has 1 aliphatic heterocycles. The Morgan fingerprint density at radius 3 is 2.46 bits per heavy atom. The van der Waals surface area contributed by atoms with Crippen LogP contribution in [0.4, 0.5) is 4.39 Å². The normalized spacial score (nSPS) is 15.2. The zero-order valence-electron chi connectivity index (χ0n) is 13.5. The van der Waals surface area contributed by atoms with E-state index in [0.717, 1.165) is 6.07 Å². The Balaban J connectivity index is 1.84. The van der Waals surface area contributed by atoms with Crippen LogP contribution in [0.25, 0.3) is 0 Å². The van der Waals surface area contributed by atoms with Gasteiger partial charge in [0.1, 0.15) is 0 Å². The molecule has 0 aliphatic carbocycles. The predicted molar refractivity (Wildman–Crippen MR) is 83.5 cm³/mol. The highest BCUT2D eigenvalue weighted by Gasteiger charge is 2.27. The van der Waals surface area contributed by atoms with Crippen molar-refractivity contribution in [1.29, 1.82) is 0 Å². The third-order valence-corrected chi connectivity index (χ3v) is 4.24. The van der Waals surface area contributed by atoms with Gasteiger partial charge in [-0.25, -0.2) is 4.39 Å². The monoisotopic (exact) mass is 337 g/mol. The summed E-state index contributed by atoms with van der Waals surface area (Å²) in [5, 5.41) is 8.94. The van der Waals surface area contributed by atoms with Gasteiger partial charge in [0.25, 0.3) is 0 Å². The van der Waals surface area contributed by atoms with Crippen molar-refractivity contribution in [2.24, 2.45) is 5.92 Å². The molecule has 0 unspecified atom stereocenters. The molecule has 1 fully saturated rings. The van der Waals surface area contributed by atoms with E-state index < -0.39 is 17.7 Å². The number of Topliss-reactive ketones (excluding diaryl/α,β-unsaturated/α-hetero) is 1. The SMILES string of the molecule is COc1ccc(C(=O)CCC(=O)N2CCC(C(=O)O)CC2)cc1F. The topological polar surface area (TPSA) is 83.9 Å². The number of carboxylic acids is 1. The Hall–Kier alpha value is -2.44. The summed E-state index contributed by atoms with van der Waals surface area (Å²) in [6.45, 7) is 0.780. The number of ketones is 1. The second-order valence-electron chi connectivity index (χ2n) is 5.77. The van der Waals surface area contributed by atoms with E-state index in [0.29, 0.717) is 25.9 Å². The number of ether oxygens (including phenoxy) is 1. The highest BCUT2D eigenvalue weighted by molar-refractivity contribution is 5.98. The summed E-state index contributed by atoms with van der Waals surface area (Å²) in [7, 11) is 1.34. The van der Waals surface area contributed by atoms with Crippen LogP contribution in [0.2, 0.25) is 0 Å². The van der Waals surface area contributed by atoms with Crippen LogP contribution in [-0.4, -0.2) is 47.9 Å². The Labute approximate surface area is 139 Å². The lowest BCUT2D eigenvalue weighted by molar-refractivity contribution is -0.145. The number of aliphatic carboxylic acids is 1. The van der Waals surface area contributed by atoms with Crippen LogP contribution in [0.3, 0.4) is 0 Å². The second-order valence-corrected chi connectivity index (χ2v) is 5.77. The molecule has 1 N–H and O–H groups in total. The van der Waals surface area contributed by atoms with Gasteiger partial charge in [0.05, 0.1) is 13.0 Å². The van der Waals surface area contributed by atoms with Gasteiger partial charge in [-0.1, -0.05) is 0 Å². The first-order chi connectivity index (χ1) is 11.4. The van der Waals surface area contributed by atoms with Gasteiger partial charge in [-0.15, -0.1) is 0 Å². The van der Waals surface area contributed by atoms with Gasteiger partial charge in [-0.2, -0.15) is 0 Å². The van der Waals surface area contributed by atoms with Crippen LogP contribution in [0.5, 0.6) is 5.75 Å². The summed E-state index contributed by atoms with van der Waals surface area (Å²) >= 11 is 0. The molecule has 130 valence electrons. The van der Waals surface area contributed by atoms with Crippen molar-refractivity contribution in [3.05, 3.63) is 29.6 Å². The third-order valence-electron chi connectivity index (χ3n) is 4.24. The molecule has 1 aromatic carbocycles.